The van der Waals surface area contributed by atoms with E-state index in [0.717, 1.165) is 22.8 Å². The van der Waals surface area contributed by atoms with Crippen molar-refractivity contribution in [1.82, 2.24) is 0 Å². The van der Waals surface area contributed by atoms with Crippen molar-refractivity contribution in [3.8, 4) is 0 Å². The van der Waals surface area contributed by atoms with Gasteiger partial charge >= 0.3 is 0 Å². The van der Waals surface area contributed by atoms with E-state index in [4.69, 9.17) is 3.63 Å². The van der Waals surface area contributed by atoms with Crippen molar-refractivity contribution in [3.05, 3.63) is 48.0 Å². The number of carbonyl (C=O) groups is 1. The monoisotopic (exact) mass is 434 g/mol. The van der Waals surface area contributed by atoms with Crippen LogP contribution in [0.5, 0.6) is 0 Å². The van der Waals surface area contributed by atoms with Gasteiger partial charge in [-0.05, 0) is 53.0 Å². The van der Waals surface area contributed by atoms with Crippen molar-refractivity contribution < 1.29 is 16.8 Å². The molecule has 0 N–H and O–H groups in total. The molecule has 2 fully saturated rings. The number of fused-ring (bicyclic) bond motifs is 3. The smallest absolute Gasteiger partial charge is 0.277 e. The molecular formula is C23H30O4S2. The van der Waals surface area contributed by atoms with Crippen LogP contribution in [0.3, 0.4) is 0 Å². The largest absolute Gasteiger partial charge is 0.299 e. The average Bonchev–Trinajstić information content (AvgIpc) is 2.94. The number of ketones is 1. The first-order valence-electron chi connectivity index (χ1n) is 10.1. The van der Waals surface area contributed by atoms with Gasteiger partial charge in [-0.2, -0.15) is 8.42 Å². The zero-order valence-electron chi connectivity index (χ0n) is 17.6. The highest BCUT2D eigenvalue weighted by Crippen LogP contribution is 2.64. The summed E-state index contributed by atoms with van der Waals surface area (Å²) in [6.45, 7) is 4.11. The van der Waals surface area contributed by atoms with Crippen LogP contribution in [0.2, 0.25) is 0 Å². The number of Topliss-reactive ketones (excluding diaryl/α,β-unsaturated/α-hetero) is 1. The van der Waals surface area contributed by atoms with Crippen molar-refractivity contribution in [2.24, 2.45) is 16.7 Å². The quantitative estimate of drug-likeness (QED) is 0.637. The number of carbonyl (C=O) groups excluding carboxylic acids is 1. The minimum Gasteiger partial charge on any atom is -0.299 e. The molecule has 0 saturated heterocycles. The number of rotatable bonds is 6. The third-order valence-electron chi connectivity index (χ3n) is 7.18. The molecule has 4 nitrogen and oxygen atoms in total. The summed E-state index contributed by atoms with van der Waals surface area (Å²) in [5.74, 6) is 0.775. The van der Waals surface area contributed by atoms with E-state index in [1.54, 1.807) is 0 Å². The molecule has 2 aromatic rings. The van der Waals surface area contributed by atoms with Crippen LogP contribution in [0, 0.1) is 16.7 Å². The summed E-state index contributed by atoms with van der Waals surface area (Å²) in [5.41, 5.74) is 0.00286. The maximum Gasteiger partial charge on any atom is 0.277 e. The maximum absolute atomic E-state index is 13.1. The van der Waals surface area contributed by atoms with Crippen molar-refractivity contribution in [1.29, 1.82) is 0 Å². The molecule has 2 unspecified atom stereocenters. The lowest BCUT2D eigenvalue weighted by Gasteiger charge is -2.37. The molecule has 0 heterocycles. The Balaban J connectivity index is 1.52. The summed E-state index contributed by atoms with van der Waals surface area (Å²) < 4.78 is 31.9. The van der Waals surface area contributed by atoms with Crippen molar-refractivity contribution in [2.75, 3.05) is 18.3 Å². The molecule has 4 rings (SSSR count). The second kappa shape index (κ2) is 6.82. The maximum atomic E-state index is 13.1. The second-order valence-corrected chi connectivity index (χ2v) is 14.8. The molecule has 0 spiro atoms. The van der Waals surface area contributed by atoms with Crippen LogP contribution >= 0.6 is 10.3 Å². The zero-order valence-corrected chi connectivity index (χ0v) is 19.2. The first-order chi connectivity index (χ1) is 13.4. The number of hydrogen-bond donors (Lipinski definition) is 0. The van der Waals surface area contributed by atoms with E-state index in [2.05, 4.69) is 38.1 Å². The molecule has 0 aromatic heterocycles. The van der Waals surface area contributed by atoms with E-state index in [1.807, 2.05) is 30.7 Å². The lowest BCUT2D eigenvalue weighted by molar-refractivity contribution is -0.128. The van der Waals surface area contributed by atoms with E-state index in [0.29, 0.717) is 24.5 Å². The molecule has 2 aromatic carbocycles. The predicted molar refractivity (Wildman–Crippen MR) is 121 cm³/mol. The van der Waals surface area contributed by atoms with Gasteiger partial charge in [0.15, 0.2) is 0 Å². The van der Waals surface area contributed by atoms with Gasteiger partial charge in [0.1, 0.15) is 5.78 Å². The van der Waals surface area contributed by atoms with E-state index < -0.39 is 25.8 Å². The SMILES string of the molecule is CC1(C)C2CCC1(CS(=O)(=O)OS(C)(C)Cc1ccc3ccccc3c1)C(=O)C2. The Hall–Kier alpha value is -1.37. The lowest BCUT2D eigenvalue weighted by atomic mass is 9.70. The van der Waals surface area contributed by atoms with Crippen LogP contribution in [-0.2, 0) is 24.3 Å². The van der Waals surface area contributed by atoms with Crippen LogP contribution in [0.1, 0.15) is 38.7 Å². The second-order valence-electron chi connectivity index (χ2n) is 9.70. The summed E-state index contributed by atoms with van der Waals surface area (Å²) in [6.07, 6.45) is 5.87. The third kappa shape index (κ3) is 3.64. The van der Waals surface area contributed by atoms with Crippen LogP contribution in [0.4, 0.5) is 0 Å². The molecule has 0 radical (unpaired) electrons. The standard InChI is InChI=1S/C23H30O4S2/c1-22(2)20-11-12-23(22,21(24)14-20)16-29(25,26)27-28(3,4)15-17-9-10-18-7-5-6-8-19(18)13-17/h5-10,13,20H,11-12,14-16H2,1-4H3. The van der Waals surface area contributed by atoms with Gasteiger partial charge in [-0.15, -0.1) is 10.3 Å². The first kappa shape index (κ1) is 20.9. The Morgan fingerprint density at radius 2 is 1.76 bits per heavy atom. The summed E-state index contributed by atoms with van der Waals surface area (Å²) in [6, 6.07) is 14.3. The highest BCUT2D eigenvalue weighted by molar-refractivity contribution is 8.31. The summed E-state index contributed by atoms with van der Waals surface area (Å²) in [4.78, 5) is 12.7. The number of hydrogen-bond acceptors (Lipinski definition) is 4. The molecule has 2 bridgehead atoms. The Kier molecular flexibility index (Phi) is 4.91. The van der Waals surface area contributed by atoms with E-state index in [-0.39, 0.29) is 17.0 Å². The first-order valence-corrected chi connectivity index (χ1v) is 14.2. The summed E-state index contributed by atoms with van der Waals surface area (Å²) >= 11 is 0. The van der Waals surface area contributed by atoms with Gasteiger partial charge in [-0.1, -0.05) is 56.3 Å². The fourth-order valence-electron chi connectivity index (χ4n) is 5.47. The average molecular weight is 435 g/mol. The van der Waals surface area contributed by atoms with E-state index in [1.165, 1.54) is 0 Å². The molecular weight excluding hydrogens is 404 g/mol. The van der Waals surface area contributed by atoms with Crippen LogP contribution < -0.4 is 0 Å². The van der Waals surface area contributed by atoms with Gasteiger partial charge < -0.3 is 0 Å². The Morgan fingerprint density at radius 1 is 1.07 bits per heavy atom. The summed E-state index contributed by atoms with van der Waals surface area (Å²) in [5, 5.41) is 2.30. The molecule has 2 saturated carbocycles. The highest BCUT2D eigenvalue weighted by Gasteiger charge is 2.65. The van der Waals surface area contributed by atoms with E-state index >= 15 is 0 Å². The minimum absolute atomic E-state index is 0.105. The fraction of sp³-hybridized carbons (Fsp3) is 0.522. The van der Waals surface area contributed by atoms with Gasteiger partial charge in [0, 0.05) is 12.2 Å². The van der Waals surface area contributed by atoms with Gasteiger partial charge in [-0.25, -0.2) is 3.63 Å². The normalized spacial score (nSPS) is 26.9. The van der Waals surface area contributed by atoms with Gasteiger partial charge in [0.25, 0.3) is 10.1 Å². The molecule has 2 atom stereocenters. The van der Waals surface area contributed by atoms with Gasteiger partial charge in [0.05, 0.1) is 11.2 Å². The Labute approximate surface area is 175 Å². The number of benzene rings is 2. The molecule has 6 heteroatoms. The minimum atomic E-state index is -3.82. The van der Waals surface area contributed by atoms with Crippen LogP contribution in [0.15, 0.2) is 42.5 Å². The lowest BCUT2D eigenvalue weighted by Crippen LogP contribution is -2.42. The molecule has 0 amide bonds. The third-order valence-corrected chi connectivity index (χ3v) is 11.4. The molecule has 2 aliphatic carbocycles. The zero-order chi connectivity index (χ0) is 21.1. The van der Waals surface area contributed by atoms with Crippen LogP contribution in [0.25, 0.3) is 10.8 Å². The Morgan fingerprint density at radius 3 is 2.38 bits per heavy atom. The fourth-order valence-corrected chi connectivity index (χ4v) is 10.4. The van der Waals surface area contributed by atoms with Crippen molar-refractivity contribution in [3.63, 3.8) is 0 Å². The van der Waals surface area contributed by atoms with Crippen molar-refractivity contribution >= 4 is 37.0 Å². The van der Waals surface area contributed by atoms with Gasteiger partial charge in [-0.3, -0.25) is 4.79 Å². The van der Waals surface area contributed by atoms with Crippen molar-refractivity contribution in [2.45, 2.75) is 38.9 Å². The highest BCUT2D eigenvalue weighted by atomic mass is 32.3. The molecule has 29 heavy (non-hydrogen) atoms. The van der Waals surface area contributed by atoms with E-state index in [9.17, 15) is 13.2 Å². The van der Waals surface area contributed by atoms with Crippen LogP contribution in [-0.4, -0.2) is 32.5 Å². The predicted octanol–water partition coefficient (Wildman–Crippen LogP) is 5.06. The Bertz CT molecular complexity index is 1070. The molecule has 0 aliphatic heterocycles. The summed E-state index contributed by atoms with van der Waals surface area (Å²) in [7, 11) is -5.69. The molecule has 158 valence electrons. The topological polar surface area (TPSA) is 60.4 Å². The van der Waals surface area contributed by atoms with Gasteiger partial charge in [0.2, 0.25) is 0 Å². The molecule has 2 aliphatic rings.